The third-order valence-electron chi connectivity index (χ3n) is 1.59. The average Bonchev–Trinajstić information content (AvgIpc) is 2.19. The van der Waals surface area contributed by atoms with Gasteiger partial charge in [-0.15, -0.1) is 0 Å². The molecule has 0 aromatic carbocycles. The zero-order valence-electron chi connectivity index (χ0n) is 8.70. The molecule has 3 N–H and O–H groups in total. The van der Waals surface area contributed by atoms with Gasteiger partial charge in [-0.05, 0) is 12.0 Å². The molecule has 0 aliphatic heterocycles. The highest BCUT2D eigenvalue weighted by molar-refractivity contribution is 5.87. The van der Waals surface area contributed by atoms with Crippen LogP contribution in [0.25, 0.3) is 0 Å². The molecule has 0 spiro atoms. The van der Waals surface area contributed by atoms with Gasteiger partial charge in [0.15, 0.2) is 5.82 Å². The topological polar surface area (TPSA) is 86.9 Å². The molecule has 1 aromatic heterocycles. The Hall–Kier alpha value is -1.85. The number of hydrogen-bond donors (Lipinski definition) is 3. The lowest BCUT2D eigenvalue weighted by Crippen LogP contribution is -2.32. The number of H-pyrrole nitrogens is 1. The average molecular weight is 210 g/mol. The van der Waals surface area contributed by atoms with Gasteiger partial charge in [0, 0.05) is 12.6 Å². The maximum Gasteiger partial charge on any atom is 0.320 e. The molecule has 82 valence electrons. The number of nitrogens with zero attached hydrogens (tertiary/aromatic N) is 1. The van der Waals surface area contributed by atoms with Crippen LogP contribution in [0.2, 0.25) is 0 Å². The molecule has 0 aliphatic carbocycles. The van der Waals surface area contributed by atoms with E-state index < -0.39 is 0 Å². The third-order valence-corrected chi connectivity index (χ3v) is 1.59. The van der Waals surface area contributed by atoms with E-state index >= 15 is 0 Å². The second-order valence-corrected chi connectivity index (χ2v) is 3.54. The molecule has 0 aliphatic rings. The summed E-state index contributed by atoms with van der Waals surface area (Å²) in [4.78, 5) is 21.9. The Bertz CT molecular complexity index is 365. The molecule has 0 saturated heterocycles. The van der Waals surface area contributed by atoms with E-state index in [4.69, 9.17) is 0 Å². The summed E-state index contributed by atoms with van der Waals surface area (Å²) in [5.41, 5.74) is -0.303. The largest absolute Gasteiger partial charge is 0.338 e. The molecule has 0 atom stereocenters. The number of nitrogens with one attached hydrogen (secondary N) is 3. The molecule has 0 saturated carbocycles. The van der Waals surface area contributed by atoms with Gasteiger partial charge in [0.2, 0.25) is 0 Å². The number of rotatable bonds is 3. The SMILES string of the molecule is CC(C)CNC(=O)Nc1ccc(=O)[nH]n1. The van der Waals surface area contributed by atoms with E-state index in [9.17, 15) is 9.59 Å². The van der Waals surface area contributed by atoms with Crippen LogP contribution >= 0.6 is 0 Å². The van der Waals surface area contributed by atoms with Gasteiger partial charge in [-0.1, -0.05) is 13.8 Å². The number of hydrogen-bond acceptors (Lipinski definition) is 3. The van der Waals surface area contributed by atoms with Crippen molar-refractivity contribution in [3.63, 3.8) is 0 Å². The van der Waals surface area contributed by atoms with E-state index in [1.165, 1.54) is 12.1 Å². The first kappa shape index (κ1) is 11.2. The van der Waals surface area contributed by atoms with Crippen LogP contribution in [0.4, 0.5) is 10.6 Å². The Morgan fingerprint density at radius 2 is 2.27 bits per heavy atom. The van der Waals surface area contributed by atoms with E-state index in [2.05, 4.69) is 20.8 Å². The van der Waals surface area contributed by atoms with Gasteiger partial charge in [0.05, 0.1) is 0 Å². The number of carbonyl (C=O) groups is 1. The summed E-state index contributed by atoms with van der Waals surface area (Å²) in [5.74, 6) is 0.704. The highest BCUT2D eigenvalue weighted by atomic mass is 16.2. The smallest absolute Gasteiger partial charge is 0.320 e. The second-order valence-electron chi connectivity index (χ2n) is 3.54. The molecule has 0 unspecified atom stereocenters. The third kappa shape index (κ3) is 4.26. The summed E-state index contributed by atoms with van der Waals surface area (Å²) < 4.78 is 0. The second kappa shape index (κ2) is 5.14. The van der Waals surface area contributed by atoms with E-state index in [0.717, 1.165) is 0 Å². The molecule has 1 aromatic rings. The van der Waals surface area contributed by atoms with E-state index in [-0.39, 0.29) is 11.6 Å². The molecule has 1 heterocycles. The first-order chi connectivity index (χ1) is 7.08. The predicted molar refractivity (Wildman–Crippen MR) is 56.7 cm³/mol. The zero-order valence-corrected chi connectivity index (χ0v) is 8.70. The normalized spacial score (nSPS) is 10.1. The first-order valence-corrected chi connectivity index (χ1v) is 4.68. The maximum atomic E-state index is 11.2. The molecular weight excluding hydrogens is 196 g/mol. The van der Waals surface area contributed by atoms with Crippen molar-refractivity contribution in [1.29, 1.82) is 0 Å². The van der Waals surface area contributed by atoms with Gasteiger partial charge in [0.1, 0.15) is 0 Å². The number of urea groups is 1. The standard InChI is InChI=1S/C9H14N4O2/c1-6(2)5-10-9(15)11-7-3-4-8(14)13-12-7/h3-4,6H,5H2,1-2H3,(H,13,14)(H2,10,11,12,15). The molecule has 6 nitrogen and oxygen atoms in total. The van der Waals surface area contributed by atoms with Crippen LogP contribution in [-0.4, -0.2) is 22.8 Å². The summed E-state index contributed by atoms with van der Waals surface area (Å²) >= 11 is 0. The van der Waals surface area contributed by atoms with E-state index in [1.807, 2.05) is 13.8 Å². The Morgan fingerprint density at radius 1 is 1.53 bits per heavy atom. The number of carbonyl (C=O) groups excluding carboxylic acids is 1. The van der Waals surface area contributed by atoms with Crippen LogP contribution in [0, 0.1) is 5.92 Å². The maximum absolute atomic E-state index is 11.2. The van der Waals surface area contributed by atoms with Crippen LogP contribution in [-0.2, 0) is 0 Å². The Morgan fingerprint density at radius 3 is 2.80 bits per heavy atom. The van der Waals surface area contributed by atoms with Gasteiger partial charge in [-0.2, -0.15) is 5.10 Å². The molecule has 0 bridgehead atoms. The molecule has 0 radical (unpaired) electrons. The Kier molecular flexibility index (Phi) is 3.84. The fraction of sp³-hybridized carbons (Fsp3) is 0.444. The summed E-state index contributed by atoms with van der Waals surface area (Å²) in [7, 11) is 0. The van der Waals surface area contributed by atoms with Crippen molar-refractivity contribution in [1.82, 2.24) is 15.5 Å². The van der Waals surface area contributed by atoms with Gasteiger partial charge >= 0.3 is 6.03 Å². The van der Waals surface area contributed by atoms with Crippen LogP contribution in [0.3, 0.4) is 0 Å². The summed E-state index contributed by atoms with van der Waals surface area (Å²) in [6.45, 7) is 4.59. The van der Waals surface area contributed by atoms with Crippen molar-refractivity contribution < 1.29 is 4.79 Å². The van der Waals surface area contributed by atoms with Crippen LogP contribution in [0.15, 0.2) is 16.9 Å². The molecule has 15 heavy (non-hydrogen) atoms. The first-order valence-electron chi connectivity index (χ1n) is 4.68. The van der Waals surface area contributed by atoms with Crippen molar-refractivity contribution in [2.45, 2.75) is 13.8 Å². The highest BCUT2D eigenvalue weighted by Crippen LogP contribution is 1.95. The summed E-state index contributed by atoms with van der Waals surface area (Å²) in [5, 5.41) is 11.0. The fourth-order valence-electron chi connectivity index (χ4n) is 0.871. The van der Waals surface area contributed by atoms with Crippen LogP contribution in [0.1, 0.15) is 13.8 Å². The lowest BCUT2D eigenvalue weighted by Gasteiger charge is -2.07. The van der Waals surface area contributed by atoms with Crippen molar-refractivity contribution in [2.24, 2.45) is 5.92 Å². The van der Waals surface area contributed by atoms with Gasteiger partial charge in [-0.3, -0.25) is 10.1 Å². The number of anilines is 1. The summed E-state index contributed by atoms with van der Waals surface area (Å²) in [6, 6.07) is 2.40. The van der Waals surface area contributed by atoms with Crippen LogP contribution < -0.4 is 16.2 Å². The number of amides is 2. The molecular formula is C9H14N4O2. The van der Waals surface area contributed by atoms with Crippen molar-refractivity contribution in [3.05, 3.63) is 22.5 Å². The van der Waals surface area contributed by atoms with Gasteiger partial charge in [-0.25, -0.2) is 9.89 Å². The van der Waals surface area contributed by atoms with Crippen LogP contribution in [0.5, 0.6) is 0 Å². The van der Waals surface area contributed by atoms with Crippen molar-refractivity contribution in [3.8, 4) is 0 Å². The van der Waals surface area contributed by atoms with Crippen molar-refractivity contribution >= 4 is 11.8 Å². The minimum atomic E-state index is -0.330. The molecule has 2 amide bonds. The minimum absolute atomic E-state index is 0.303. The molecule has 6 heteroatoms. The van der Waals surface area contributed by atoms with E-state index in [0.29, 0.717) is 18.3 Å². The predicted octanol–water partition coefficient (Wildman–Crippen LogP) is 0.547. The molecule has 0 fully saturated rings. The van der Waals surface area contributed by atoms with Gasteiger partial charge in [0.25, 0.3) is 5.56 Å². The number of aromatic amines is 1. The zero-order chi connectivity index (χ0) is 11.3. The lowest BCUT2D eigenvalue weighted by molar-refractivity contribution is 0.250. The quantitative estimate of drug-likeness (QED) is 0.680. The van der Waals surface area contributed by atoms with E-state index in [1.54, 1.807) is 0 Å². The summed E-state index contributed by atoms with van der Waals surface area (Å²) in [6.07, 6.45) is 0. The fourth-order valence-corrected chi connectivity index (χ4v) is 0.871. The Balaban J connectivity index is 2.44. The highest BCUT2D eigenvalue weighted by Gasteiger charge is 2.02. The Labute approximate surface area is 87.1 Å². The lowest BCUT2D eigenvalue weighted by atomic mass is 10.2. The monoisotopic (exact) mass is 210 g/mol. The minimum Gasteiger partial charge on any atom is -0.338 e. The van der Waals surface area contributed by atoms with Crippen molar-refractivity contribution in [2.75, 3.05) is 11.9 Å². The van der Waals surface area contributed by atoms with Gasteiger partial charge < -0.3 is 5.32 Å². The molecule has 1 rings (SSSR count). The number of aromatic nitrogens is 2.